The van der Waals surface area contributed by atoms with E-state index in [0.717, 1.165) is 37.5 Å². The van der Waals surface area contributed by atoms with Crippen LogP contribution in [0.15, 0.2) is 6.20 Å². The third-order valence-electron chi connectivity index (χ3n) is 3.51. The summed E-state index contributed by atoms with van der Waals surface area (Å²) in [6.45, 7) is 3.64. The third-order valence-corrected chi connectivity index (χ3v) is 3.51. The maximum absolute atomic E-state index is 6.03. The van der Waals surface area contributed by atoms with E-state index in [-0.39, 0.29) is 5.60 Å². The summed E-state index contributed by atoms with van der Waals surface area (Å²) < 4.78 is 6.03. The normalized spacial score (nSPS) is 19.4. The van der Waals surface area contributed by atoms with Crippen LogP contribution >= 0.6 is 0 Å². The first-order valence-corrected chi connectivity index (χ1v) is 6.63. The van der Waals surface area contributed by atoms with Gasteiger partial charge >= 0.3 is 0 Å². The van der Waals surface area contributed by atoms with Crippen LogP contribution in [0, 0.1) is 0 Å². The van der Waals surface area contributed by atoms with Crippen molar-refractivity contribution in [2.75, 3.05) is 13.7 Å². The molecule has 4 heteroatoms. The van der Waals surface area contributed by atoms with Crippen molar-refractivity contribution in [2.24, 2.45) is 0 Å². The van der Waals surface area contributed by atoms with Crippen LogP contribution in [0.1, 0.15) is 50.5 Å². The van der Waals surface area contributed by atoms with E-state index in [0.29, 0.717) is 0 Å². The van der Waals surface area contributed by atoms with Crippen LogP contribution in [0.3, 0.4) is 0 Å². The smallest absolute Gasteiger partial charge is 0.138 e. The summed E-state index contributed by atoms with van der Waals surface area (Å²) in [5, 5.41) is 3.13. The Morgan fingerprint density at radius 1 is 1.41 bits per heavy atom. The van der Waals surface area contributed by atoms with Crippen molar-refractivity contribution in [1.82, 2.24) is 15.3 Å². The fourth-order valence-electron chi connectivity index (χ4n) is 2.72. The fraction of sp³-hybridized carbons (Fsp3) is 0.769. The molecule has 4 nitrogen and oxygen atoms in total. The van der Waals surface area contributed by atoms with Crippen molar-refractivity contribution < 1.29 is 4.74 Å². The number of H-pyrrole nitrogens is 1. The molecule has 1 heterocycles. The predicted molar refractivity (Wildman–Crippen MR) is 67.7 cm³/mol. The maximum atomic E-state index is 6.03. The van der Waals surface area contributed by atoms with Crippen LogP contribution < -0.4 is 5.32 Å². The lowest BCUT2D eigenvalue weighted by atomic mass is 9.84. The van der Waals surface area contributed by atoms with E-state index in [9.17, 15) is 0 Å². The predicted octanol–water partition coefficient (Wildman–Crippen LogP) is 2.33. The number of hydrogen-bond acceptors (Lipinski definition) is 3. The molecule has 1 aromatic rings. The van der Waals surface area contributed by atoms with E-state index >= 15 is 0 Å². The molecule has 1 aliphatic carbocycles. The molecular formula is C13H23N3O. The number of nitrogens with one attached hydrogen (secondary N) is 2. The quantitative estimate of drug-likeness (QED) is 0.826. The second-order valence-corrected chi connectivity index (χ2v) is 4.78. The van der Waals surface area contributed by atoms with Crippen molar-refractivity contribution >= 4 is 0 Å². The SMILES string of the molecule is CCOC1(c2ncc(CNC)[nH]2)CCCCC1. The zero-order valence-electron chi connectivity index (χ0n) is 10.9. The van der Waals surface area contributed by atoms with E-state index in [1.807, 2.05) is 13.2 Å². The first-order chi connectivity index (χ1) is 8.30. The van der Waals surface area contributed by atoms with Gasteiger partial charge in [-0.25, -0.2) is 4.98 Å². The van der Waals surface area contributed by atoms with Crippen LogP contribution in [0.2, 0.25) is 0 Å². The van der Waals surface area contributed by atoms with Crippen LogP contribution in [-0.2, 0) is 16.9 Å². The van der Waals surface area contributed by atoms with Crippen LogP contribution in [0.5, 0.6) is 0 Å². The minimum absolute atomic E-state index is 0.154. The summed E-state index contributed by atoms with van der Waals surface area (Å²) in [5.74, 6) is 1.02. The van der Waals surface area contributed by atoms with E-state index in [4.69, 9.17) is 4.74 Å². The molecule has 0 spiro atoms. The second-order valence-electron chi connectivity index (χ2n) is 4.78. The van der Waals surface area contributed by atoms with Crippen LogP contribution in [0.25, 0.3) is 0 Å². The fourth-order valence-corrected chi connectivity index (χ4v) is 2.72. The maximum Gasteiger partial charge on any atom is 0.138 e. The molecule has 1 fully saturated rings. The highest BCUT2D eigenvalue weighted by Crippen LogP contribution is 2.38. The van der Waals surface area contributed by atoms with Gasteiger partial charge in [0, 0.05) is 25.0 Å². The number of nitrogens with zero attached hydrogens (tertiary/aromatic N) is 1. The number of hydrogen-bond donors (Lipinski definition) is 2. The van der Waals surface area contributed by atoms with Gasteiger partial charge < -0.3 is 15.0 Å². The number of imidazole rings is 1. The van der Waals surface area contributed by atoms with E-state index in [1.165, 1.54) is 19.3 Å². The lowest BCUT2D eigenvalue weighted by Crippen LogP contribution is -2.33. The zero-order valence-corrected chi connectivity index (χ0v) is 10.9. The van der Waals surface area contributed by atoms with Gasteiger partial charge in [-0.15, -0.1) is 0 Å². The molecular weight excluding hydrogens is 214 g/mol. The van der Waals surface area contributed by atoms with Gasteiger partial charge in [0.1, 0.15) is 11.4 Å². The molecule has 0 aliphatic heterocycles. The average Bonchev–Trinajstić information content (AvgIpc) is 2.80. The Labute approximate surface area is 103 Å². The molecule has 0 aromatic carbocycles. The molecule has 96 valence electrons. The molecule has 2 rings (SSSR count). The van der Waals surface area contributed by atoms with Crippen LogP contribution in [-0.4, -0.2) is 23.6 Å². The monoisotopic (exact) mass is 237 g/mol. The number of aromatic amines is 1. The van der Waals surface area contributed by atoms with Gasteiger partial charge in [0.2, 0.25) is 0 Å². The standard InChI is InChI=1S/C13H23N3O/c1-3-17-13(7-5-4-6-8-13)12-15-10-11(16-12)9-14-2/h10,14H,3-9H2,1-2H3,(H,15,16). The molecule has 0 atom stereocenters. The summed E-state index contributed by atoms with van der Waals surface area (Å²) in [6.07, 6.45) is 7.89. The van der Waals surface area contributed by atoms with Gasteiger partial charge in [-0.05, 0) is 26.8 Å². The van der Waals surface area contributed by atoms with Crippen molar-refractivity contribution in [3.8, 4) is 0 Å². The number of aromatic nitrogens is 2. The molecule has 1 aromatic heterocycles. The molecule has 0 unspecified atom stereocenters. The Morgan fingerprint density at radius 2 is 2.18 bits per heavy atom. The molecule has 1 saturated carbocycles. The van der Waals surface area contributed by atoms with Gasteiger partial charge in [0.05, 0.1) is 0 Å². The zero-order chi connectivity index (χ0) is 12.1. The highest BCUT2D eigenvalue weighted by molar-refractivity contribution is 5.10. The Bertz CT molecular complexity index is 337. The van der Waals surface area contributed by atoms with Crippen molar-refractivity contribution in [3.63, 3.8) is 0 Å². The van der Waals surface area contributed by atoms with Gasteiger partial charge in [-0.1, -0.05) is 19.3 Å². The van der Waals surface area contributed by atoms with Gasteiger partial charge in [0.25, 0.3) is 0 Å². The molecule has 0 amide bonds. The Kier molecular flexibility index (Phi) is 4.18. The number of rotatable bonds is 5. The summed E-state index contributed by atoms with van der Waals surface area (Å²) in [6, 6.07) is 0. The summed E-state index contributed by atoms with van der Waals surface area (Å²) >= 11 is 0. The molecule has 2 N–H and O–H groups in total. The van der Waals surface area contributed by atoms with Crippen LogP contribution in [0.4, 0.5) is 0 Å². The van der Waals surface area contributed by atoms with Gasteiger partial charge in [-0.3, -0.25) is 0 Å². The highest BCUT2D eigenvalue weighted by atomic mass is 16.5. The minimum atomic E-state index is -0.154. The van der Waals surface area contributed by atoms with E-state index in [1.54, 1.807) is 0 Å². The molecule has 1 aliphatic rings. The molecule has 0 bridgehead atoms. The first-order valence-electron chi connectivity index (χ1n) is 6.63. The molecule has 17 heavy (non-hydrogen) atoms. The Balaban J connectivity index is 2.18. The van der Waals surface area contributed by atoms with E-state index in [2.05, 4.69) is 22.2 Å². The van der Waals surface area contributed by atoms with E-state index < -0.39 is 0 Å². The second kappa shape index (κ2) is 5.65. The lowest BCUT2D eigenvalue weighted by molar-refractivity contribution is -0.0762. The Morgan fingerprint density at radius 3 is 2.82 bits per heavy atom. The third kappa shape index (κ3) is 2.69. The summed E-state index contributed by atoms with van der Waals surface area (Å²) in [7, 11) is 1.94. The molecule has 0 saturated heterocycles. The molecule has 0 radical (unpaired) electrons. The summed E-state index contributed by atoms with van der Waals surface area (Å²) in [4.78, 5) is 7.94. The summed E-state index contributed by atoms with van der Waals surface area (Å²) in [5.41, 5.74) is 0.978. The Hall–Kier alpha value is -0.870. The lowest BCUT2D eigenvalue weighted by Gasteiger charge is -2.35. The van der Waals surface area contributed by atoms with Gasteiger partial charge in [0.15, 0.2) is 0 Å². The van der Waals surface area contributed by atoms with Crippen molar-refractivity contribution in [1.29, 1.82) is 0 Å². The first kappa shape index (κ1) is 12.6. The number of ether oxygens (including phenoxy) is 1. The van der Waals surface area contributed by atoms with Crippen molar-refractivity contribution in [2.45, 2.75) is 51.2 Å². The average molecular weight is 237 g/mol. The van der Waals surface area contributed by atoms with Gasteiger partial charge in [-0.2, -0.15) is 0 Å². The minimum Gasteiger partial charge on any atom is -0.367 e. The highest BCUT2D eigenvalue weighted by Gasteiger charge is 2.37. The van der Waals surface area contributed by atoms with Crippen molar-refractivity contribution in [3.05, 3.63) is 17.7 Å². The largest absolute Gasteiger partial charge is 0.367 e. The topological polar surface area (TPSA) is 49.9 Å².